The molecule has 6 nitrogen and oxygen atoms in total. The maximum Gasteiger partial charge on any atom is 0.243 e. The molecule has 0 spiro atoms. The van der Waals surface area contributed by atoms with Crippen molar-refractivity contribution in [3.8, 4) is 6.07 Å². The van der Waals surface area contributed by atoms with Crippen LogP contribution in [0.4, 0.5) is 5.82 Å². The van der Waals surface area contributed by atoms with Crippen LogP contribution < -0.4 is 5.32 Å². The van der Waals surface area contributed by atoms with Crippen molar-refractivity contribution in [1.82, 2.24) is 14.9 Å². The summed E-state index contributed by atoms with van der Waals surface area (Å²) in [5, 5.41) is 12.4. The van der Waals surface area contributed by atoms with Crippen LogP contribution in [0.3, 0.4) is 0 Å². The maximum absolute atomic E-state index is 12.6. The Bertz CT molecular complexity index is 597. The molecule has 2 heterocycles. The molecule has 1 saturated heterocycles. The van der Waals surface area contributed by atoms with Crippen molar-refractivity contribution in [2.24, 2.45) is 5.41 Å². The predicted molar refractivity (Wildman–Crippen MR) is 82.0 cm³/mol. The minimum atomic E-state index is -0.727. The third-order valence-electron chi connectivity index (χ3n) is 4.96. The zero-order chi connectivity index (χ0) is 15.6. The summed E-state index contributed by atoms with van der Waals surface area (Å²) in [6.45, 7) is 1.40. The summed E-state index contributed by atoms with van der Waals surface area (Å²) in [6, 6.07) is 2.25. The highest BCUT2D eigenvalue weighted by atomic mass is 16.2. The van der Waals surface area contributed by atoms with Gasteiger partial charge in [-0.05, 0) is 32.1 Å². The molecular formula is C16H21N5O. The number of carbonyl (C=O) groups is 1. The summed E-state index contributed by atoms with van der Waals surface area (Å²) in [6.07, 6.45) is 7.57. The Labute approximate surface area is 130 Å². The second-order valence-electron chi connectivity index (χ2n) is 6.15. The van der Waals surface area contributed by atoms with Crippen molar-refractivity contribution >= 4 is 11.7 Å². The molecule has 1 saturated carbocycles. The number of carbonyl (C=O) groups excluding carboxylic acids is 1. The van der Waals surface area contributed by atoms with Gasteiger partial charge in [0.05, 0.1) is 11.8 Å². The lowest BCUT2D eigenvalue weighted by atomic mass is 9.68. The monoisotopic (exact) mass is 299 g/mol. The molecule has 0 aromatic carbocycles. The number of nitriles is 1. The van der Waals surface area contributed by atoms with Gasteiger partial charge in [0.25, 0.3) is 0 Å². The fourth-order valence-electron chi connectivity index (χ4n) is 3.40. The molecule has 0 atom stereocenters. The van der Waals surface area contributed by atoms with Crippen LogP contribution in [0, 0.1) is 16.7 Å². The van der Waals surface area contributed by atoms with E-state index >= 15 is 0 Å². The summed E-state index contributed by atoms with van der Waals surface area (Å²) in [7, 11) is 1.85. The third kappa shape index (κ3) is 2.41. The first-order valence-electron chi connectivity index (χ1n) is 7.89. The number of amides is 1. The Morgan fingerprint density at radius 3 is 2.59 bits per heavy atom. The molecular weight excluding hydrogens is 278 g/mol. The summed E-state index contributed by atoms with van der Waals surface area (Å²) < 4.78 is 0. The zero-order valence-electron chi connectivity index (χ0n) is 12.9. The third-order valence-corrected chi connectivity index (χ3v) is 4.96. The van der Waals surface area contributed by atoms with Crippen molar-refractivity contribution < 1.29 is 4.79 Å². The highest BCUT2D eigenvalue weighted by Crippen LogP contribution is 2.43. The number of nitrogens with one attached hydrogen (secondary N) is 1. The lowest BCUT2D eigenvalue weighted by Crippen LogP contribution is -2.49. The molecule has 1 N–H and O–H groups in total. The number of hydrogen-bond donors (Lipinski definition) is 1. The van der Waals surface area contributed by atoms with Gasteiger partial charge in [0, 0.05) is 38.4 Å². The Morgan fingerprint density at radius 2 is 2.05 bits per heavy atom. The molecule has 1 aliphatic carbocycles. The van der Waals surface area contributed by atoms with Gasteiger partial charge in [-0.3, -0.25) is 9.78 Å². The number of hydrogen-bond acceptors (Lipinski definition) is 5. The molecule has 0 unspecified atom stereocenters. The largest absolute Gasteiger partial charge is 0.372 e. The smallest absolute Gasteiger partial charge is 0.243 e. The highest BCUT2D eigenvalue weighted by Gasteiger charge is 2.47. The zero-order valence-corrected chi connectivity index (χ0v) is 12.9. The van der Waals surface area contributed by atoms with Gasteiger partial charge in [-0.15, -0.1) is 0 Å². The van der Waals surface area contributed by atoms with E-state index in [0.717, 1.165) is 43.6 Å². The molecule has 2 fully saturated rings. The minimum Gasteiger partial charge on any atom is -0.372 e. The van der Waals surface area contributed by atoms with Gasteiger partial charge >= 0.3 is 0 Å². The molecule has 0 bridgehead atoms. The Kier molecular flexibility index (Phi) is 3.97. The Balaban J connectivity index is 1.66. The van der Waals surface area contributed by atoms with E-state index in [1.807, 2.05) is 11.9 Å². The van der Waals surface area contributed by atoms with E-state index in [1.54, 1.807) is 12.4 Å². The normalized spacial score (nSPS) is 20.8. The van der Waals surface area contributed by atoms with E-state index in [1.165, 1.54) is 0 Å². The first-order valence-corrected chi connectivity index (χ1v) is 7.89. The first-order chi connectivity index (χ1) is 10.7. The van der Waals surface area contributed by atoms with Crippen molar-refractivity contribution in [1.29, 1.82) is 5.26 Å². The Morgan fingerprint density at radius 1 is 1.36 bits per heavy atom. The lowest BCUT2D eigenvalue weighted by Gasteiger charge is -2.40. The van der Waals surface area contributed by atoms with E-state index in [4.69, 9.17) is 0 Å². The van der Waals surface area contributed by atoms with Crippen LogP contribution in [0.5, 0.6) is 0 Å². The number of aromatic nitrogens is 2. The topological polar surface area (TPSA) is 81.9 Å². The van der Waals surface area contributed by atoms with Crippen LogP contribution in [0.2, 0.25) is 0 Å². The van der Waals surface area contributed by atoms with E-state index in [0.29, 0.717) is 19.0 Å². The van der Waals surface area contributed by atoms with Gasteiger partial charge in [0.15, 0.2) is 0 Å². The van der Waals surface area contributed by atoms with E-state index < -0.39 is 5.41 Å². The van der Waals surface area contributed by atoms with Crippen molar-refractivity contribution in [3.05, 3.63) is 18.1 Å². The van der Waals surface area contributed by atoms with Gasteiger partial charge in [-0.25, -0.2) is 4.98 Å². The second kappa shape index (κ2) is 5.91. The van der Waals surface area contributed by atoms with Crippen molar-refractivity contribution in [2.45, 2.75) is 38.0 Å². The fourth-order valence-corrected chi connectivity index (χ4v) is 3.40. The minimum absolute atomic E-state index is 0.0349. The van der Waals surface area contributed by atoms with Gasteiger partial charge in [0.2, 0.25) is 5.91 Å². The summed E-state index contributed by atoms with van der Waals surface area (Å²) in [4.78, 5) is 23.2. The van der Waals surface area contributed by atoms with E-state index in [-0.39, 0.29) is 5.91 Å². The number of piperidine rings is 1. The summed E-state index contributed by atoms with van der Waals surface area (Å²) in [5.74, 6) is 1.17. The van der Waals surface area contributed by atoms with Crippen molar-refractivity contribution in [2.75, 3.05) is 25.5 Å². The van der Waals surface area contributed by atoms with E-state index in [9.17, 15) is 10.1 Å². The van der Waals surface area contributed by atoms with Crippen molar-refractivity contribution in [3.63, 3.8) is 0 Å². The number of anilines is 1. The van der Waals surface area contributed by atoms with Gasteiger partial charge in [-0.1, -0.05) is 0 Å². The molecule has 1 aromatic rings. The van der Waals surface area contributed by atoms with Gasteiger partial charge in [0.1, 0.15) is 11.2 Å². The molecule has 0 radical (unpaired) electrons. The number of rotatable bonds is 3. The van der Waals surface area contributed by atoms with E-state index in [2.05, 4.69) is 21.4 Å². The quantitative estimate of drug-likeness (QED) is 0.922. The standard InChI is InChI=1S/C16H21N5O/c1-18-14-13(19-7-8-20-14)12-3-9-21(10-4-12)15(22)16(11-17)5-2-6-16/h7-8,12H,2-6,9-10H2,1H3,(H,18,20). The highest BCUT2D eigenvalue weighted by molar-refractivity contribution is 5.86. The number of nitrogens with zero attached hydrogens (tertiary/aromatic N) is 4. The Hall–Kier alpha value is -2.16. The average Bonchev–Trinajstić information content (AvgIpc) is 2.54. The fraction of sp³-hybridized carbons (Fsp3) is 0.625. The van der Waals surface area contributed by atoms with Crippen LogP contribution >= 0.6 is 0 Å². The number of likely N-dealkylation sites (tertiary alicyclic amines) is 1. The second-order valence-corrected chi connectivity index (χ2v) is 6.15. The van der Waals surface area contributed by atoms with Crippen LogP contribution in [0.1, 0.15) is 43.7 Å². The van der Waals surface area contributed by atoms with Crippen LogP contribution in [0.15, 0.2) is 12.4 Å². The van der Waals surface area contributed by atoms with Gasteiger partial charge < -0.3 is 10.2 Å². The van der Waals surface area contributed by atoms with Gasteiger partial charge in [-0.2, -0.15) is 5.26 Å². The molecule has 2 aliphatic rings. The van der Waals surface area contributed by atoms with Crippen LogP contribution in [-0.4, -0.2) is 40.9 Å². The average molecular weight is 299 g/mol. The summed E-state index contributed by atoms with van der Waals surface area (Å²) >= 11 is 0. The summed E-state index contributed by atoms with van der Waals surface area (Å²) in [5.41, 5.74) is 0.256. The molecule has 1 aliphatic heterocycles. The molecule has 1 amide bonds. The predicted octanol–water partition coefficient (Wildman–Crippen LogP) is 1.92. The SMILES string of the molecule is CNc1nccnc1C1CCN(C(=O)C2(C#N)CCC2)CC1. The van der Waals surface area contributed by atoms with Crippen LogP contribution in [0.25, 0.3) is 0 Å². The molecule has 22 heavy (non-hydrogen) atoms. The molecule has 6 heteroatoms. The van der Waals surface area contributed by atoms with Crippen LogP contribution in [-0.2, 0) is 4.79 Å². The molecule has 3 rings (SSSR count). The molecule has 1 aromatic heterocycles. The lowest BCUT2D eigenvalue weighted by molar-refractivity contribution is -0.144. The first kappa shape index (κ1) is 14.8. The maximum atomic E-state index is 12.6. The molecule has 116 valence electrons.